The van der Waals surface area contributed by atoms with Crippen LogP contribution in [0.25, 0.3) is 11.1 Å². The van der Waals surface area contributed by atoms with Gasteiger partial charge in [-0.3, -0.25) is 4.79 Å². The Labute approximate surface area is 103 Å². The van der Waals surface area contributed by atoms with Gasteiger partial charge in [-0.15, -0.1) is 0 Å². The van der Waals surface area contributed by atoms with Gasteiger partial charge in [-0.2, -0.15) is 0 Å². The highest BCUT2D eigenvalue weighted by Gasteiger charge is 2.12. The van der Waals surface area contributed by atoms with E-state index < -0.39 is 0 Å². The van der Waals surface area contributed by atoms with E-state index in [1.807, 2.05) is 6.07 Å². The van der Waals surface area contributed by atoms with Crippen LogP contribution < -0.4 is 4.74 Å². The number of ether oxygens (including phenoxy) is 1. The smallest absolute Gasteiger partial charge is 0.308 e. The maximum Gasteiger partial charge on any atom is 0.308 e. The quantitative estimate of drug-likeness (QED) is 0.719. The van der Waals surface area contributed by atoms with Crippen LogP contribution in [0.1, 0.15) is 6.92 Å². The Kier molecular flexibility index (Phi) is 3.03. The molecule has 0 unspecified atom stereocenters. The highest BCUT2D eigenvalue weighted by molar-refractivity contribution is 6.42. The van der Waals surface area contributed by atoms with Gasteiger partial charge in [-0.05, 0) is 29.8 Å². The van der Waals surface area contributed by atoms with Crippen LogP contribution in [0.5, 0.6) is 5.75 Å². The van der Waals surface area contributed by atoms with Crippen molar-refractivity contribution in [3.8, 4) is 16.9 Å². The standard InChI is InChI=1S/C12H8Cl2O2/c1-7(15)16-12-5-2-8-6-11(14)10(13)4-3-9(8)12/h2-6H,1H3. The molecule has 0 fully saturated rings. The lowest BCUT2D eigenvalue weighted by atomic mass is 10.2. The molecule has 2 rings (SSSR count). The van der Waals surface area contributed by atoms with Crippen molar-refractivity contribution in [1.82, 2.24) is 0 Å². The first-order valence-corrected chi connectivity index (χ1v) is 5.39. The van der Waals surface area contributed by atoms with E-state index in [-0.39, 0.29) is 5.97 Å². The zero-order chi connectivity index (χ0) is 11.7. The van der Waals surface area contributed by atoms with Crippen LogP contribution in [0.4, 0.5) is 0 Å². The molecule has 2 aliphatic rings. The van der Waals surface area contributed by atoms with E-state index in [4.69, 9.17) is 27.9 Å². The molecule has 0 N–H and O–H groups in total. The molecule has 16 heavy (non-hydrogen) atoms. The first kappa shape index (κ1) is 11.2. The summed E-state index contributed by atoms with van der Waals surface area (Å²) in [5.41, 5.74) is 1.69. The third-order valence-corrected chi connectivity index (χ3v) is 2.89. The van der Waals surface area contributed by atoms with Crippen molar-refractivity contribution in [3.63, 3.8) is 0 Å². The molecule has 0 heterocycles. The highest BCUT2D eigenvalue weighted by Crippen LogP contribution is 2.36. The Balaban J connectivity index is 2.55. The van der Waals surface area contributed by atoms with Gasteiger partial charge in [0.25, 0.3) is 0 Å². The van der Waals surface area contributed by atoms with Gasteiger partial charge in [0.05, 0.1) is 10.0 Å². The zero-order valence-electron chi connectivity index (χ0n) is 8.46. The number of rotatable bonds is 1. The SMILES string of the molecule is CC(=O)Oc1ccc2cc(Cl)c(Cl)ccc1-2. The second kappa shape index (κ2) is 4.32. The highest BCUT2D eigenvalue weighted by atomic mass is 35.5. The zero-order valence-corrected chi connectivity index (χ0v) is 9.97. The van der Waals surface area contributed by atoms with Crippen molar-refractivity contribution in [3.05, 3.63) is 40.4 Å². The van der Waals surface area contributed by atoms with Crippen molar-refractivity contribution < 1.29 is 9.53 Å². The molecule has 0 saturated heterocycles. The molecule has 82 valence electrons. The first-order chi connectivity index (χ1) is 7.58. The number of carbonyl (C=O) groups excluding carboxylic acids is 1. The molecule has 0 spiro atoms. The Bertz CT molecular complexity index is 523. The molecule has 4 heteroatoms. The lowest BCUT2D eigenvalue weighted by molar-refractivity contribution is -0.131. The molecule has 0 saturated carbocycles. The molecule has 0 radical (unpaired) electrons. The summed E-state index contributed by atoms with van der Waals surface area (Å²) in [6.07, 6.45) is 0. The number of halogens is 2. The van der Waals surface area contributed by atoms with E-state index in [0.29, 0.717) is 15.8 Å². The molecule has 2 nitrogen and oxygen atoms in total. The van der Waals surface area contributed by atoms with Crippen molar-refractivity contribution >= 4 is 29.2 Å². The monoisotopic (exact) mass is 254 g/mol. The fourth-order valence-electron chi connectivity index (χ4n) is 1.48. The summed E-state index contributed by atoms with van der Waals surface area (Å²) in [7, 11) is 0. The van der Waals surface area contributed by atoms with Crippen molar-refractivity contribution in [2.45, 2.75) is 6.92 Å². The minimum absolute atomic E-state index is 0.351. The normalized spacial score (nSPS) is 10.4. The van der Waals surface area contributed by atoms with Gasteiger partial charge in [-0.1, -0.05) is 29.3 Å². The topological polar surface area (TPSA) is 26.3 Å². The minimum atomic E-state index is -0.351. The fraction of sp³-hybridized carbons (Fsp3) is 0.0833. The van der Waals surface area contributed by atoms with Gasteiger partial charge in [0.15, 0.2) is 0 Å². The van der Waals surface area contributed by atoms with E-state index in [9.17, 15) is 4.79 Å². The number of carbonyl (C=O) groups is 1. The maximum atomic E-state index is 10.9. The molecule has 0 atom stereocenters. The van der Waals surface area contributed by atoms with Gasteiger partial charge in [0, 0.05) is 12.5 Å². The average Bonchev–Trinajstić information content (AvgIpc) is 2.49. The van der Waals surface area contributed by atoms with Gasteiger partial charge in [0.2, 0.25) is 0 Å². The fourth-order valence-corrected chi connectivity index (χ4v) is 1.78. The predicted molar refractivity (Wildman–Crippen MR) is 64.4 cm³/mol. The van der Waals surface area contributed by atoms with E-state index in [2.05, 4.69) is 0 Å². The number of hydrogen-bond donors (Lipinski definition) is 0. The van der Waals surface area contributed by atoms with Crippen molar-refractivity contribution in [2.75, 3.05) is 0 Å². The van der Waals surface area contributed by atoms with Gasteiger partial charge in [-0.25, -0.2) is 0 Å². The third-order valence-electron chi connectivity index (χ3n) is 2.15. The summed E-state index contributed by atoms with van der Waals surface area (Å²) >= 11 is 11.8. The molecule has 0 bridgehead atoms. The van der Waals surface area contributed by atoms with Crippen LogP contribution in [0.2, 0.25) is 10.0 Å². The van der Waals surface area contributed by atoms with Crippen LogP contribution in [0, 0.1) is 0 Å². The summed E-state index contributed by atoms with van der Waals surface area (Å²) in [6.45, 7) is 1.36. The van der Waals surface area contributed by atoms with Gasteiger partial charge in [0.1, 0.15) is 5.75 Å². The number of fused-ring (bicyclic) bond motifs is 1. The number of esters is 1. The summed E-state index contributed by atoms with van der Waals surface area (Å²) in [4.78, 5) is 10.9. The van der Waals surface area contributed by atoms with Crippen LogP contribution in [0.3, 0.4) is 0 Å². The summed E-state index contributed by atoms with van der Waals surface area (Å²) in [6, 6.07) is 8.76. The van der Waals surface area contributed by atoms with E-state index in [1.54, 1.807) is 24.3 Å². The number of hydrogen-bond acceptors (Lipinski definition) is 2. The van der Waals surface area contributed by atoms with Crippen LogP contribution >= 0.6 is 23.2 Å². The Morgan fingerprint density at radius 3 is 2.56 bits per heavy atom. The average molecular weight is 255 g/mol. The second-order valence-electron chi connectivity index (χ2n) is 3.33. The van der Waals surface area contributed by atoms with Gasteiger partial charge >= 0.3 is 5.97 Å². The van der Waals surface area contributed by atoms with Crippen molar-refractivity contribution in [1.29, 1.82) is 0 Å². The molecule has 0 aromatic carbocycles. The Hall–Kier alpha value is -1.25. The lowest BCUT2D eigenvalue weighted by Crippen LogP contribution is -2.00. The van der Waals surface area contributed by atoms with Crippen LogP contribution in [-0.2, 0) is 4.79 Å². The maximum absolute atomic E-state index is 10.9. The summed E-state index contributed by atoms with van der Waals surface area (Å²) in [5.74, 6) is 0.169. The molecule has 0 amide bonds. The Morgan fingerprint density at radius 2 is 1.88 bits per heavy atom. The molecular weight excluding hydrogens is 247 g/mol. The Morgan fingerprint density at radius 1 is 1.12 bits per heavy atom. The lowest BCUT2D eigenvalue weighted by Gasteiger charge is -2.00. The largest absolute Gasteiger partial charge is 0.426 e. The van der Waals surface area contributed by atoms with E-state index >= 15 is 0 Å². The van der Waals surface area contributed by atoms with E-state index in [0.717, 1.165) is 11.1 Å². The van der Waals surface area contributed by atoms with Gasteiger partial charge < -0.3 is 4.74 Å². The molecular formula is C12H8Cl2O2. The summed E-state index contributed by atoms with van der Waals surface area (Å²) in [5, 5.41) is 0.934. The third kappa shape index (κ3) is 2.13. The molecule has 2 aliphatic carbocycles. The van der Waals surface area contributed by atoms with Crippen LogP contribution in [-0.4, -0.2) is 5.97 Å². The van der Waals surface area contributed by atoms with Crippen molar-refractivity contribution in [2.24, 2.45) is 0 Å². The summed E-state index contributed by atoms with van der Waals surface area (Å²) < 4.78 is 5.06. The molecule has 0 aromatic heterocycles. The predicted octanol–water partition coefficient (Wildman–Crippen LogP) is 4.02. The molecule has 0 aromatic rings. The van der Waals surface area contributed by atoms with Crippen LogP contribution in [0.15, 0.2) is 30.3 Å². The second-order valence-corrected chi connectivity index (χ2v) is 4.15. The molecule has 0 aliphatic heterocycles. The van der Waals surface area contributed by atoms with E-state index in [1.165, 1.54) is 6.92 Å². The first-order valence-electron chi connectivity index (χ1n) is 4.64. The minimum Gasteiger partial charge on any atom is -0.426 e.